The highest BCUT2D eigenvalue weighted by molar-refractivity contribution is 6.02. The second-order valence-electron chi connectivity index (χ2n) is 7.87. The van der Waals surface area contributed by atoms with E-state index in [-0.39, 0.29) is 17.5 Å². The summed E-state index contributed by atoms with van der Waals surface area (Å²) in [7, 11) is 1.65. The zero-order valence-electron chi connectivity index (χ0n) is 17.7. The first-order valence-corrected chi connectivity index (χ1v) is 10.2. The summed E-state index contributed by atoms with van der Waals surface area (Å²) in [5.41, 5.74) is 4.07. The van der Waals surface area contributed by atoms with Gasteiger partial charge in [0, 0.05) is 23.1 Å². The number of benzene rings is 1. The summed E-state index contributed by atoms with van der Waals surface area (Å²) in [5.74, 6) is 0.977. The molecule has 3 rings (SSSR count). The largest absolute Gasteiger partial charge is 0.497 e. The fourth-order valence-corrected chi connectivity index (χ4v) is 4.14. The number of hydrogen-bond donors (Lipinski definition) is 1. The fraction of sp³-hybridized carbons (Fsp3) is 0.417. The van der Waals surface area contributed by atoms with Crippen molar-refractivity contribution in [1.29, 1.82) is 5.26 Å². The molecule has 1 amide bonds. The Labute approximate surface area is 173 Å². The Morgan fingerprint density at radius 2 is 1.93 bits per heavy atom. The Bertz CT molecular complexity index is 948. The number of nitrogens with zero attached hydrogens (tertiary/aromatic N) is 2. The molecule has 1 N–H and O–H groups in total. The van der Waals surface area contributed by atoms with Crippen LogP contribution in [-0.2, 0) is 4.79 Å². The molecule has 1 aliphatic carbocycles. The van der Waals surface area contributed by atoms with Crippen LogP contribution in [0.25, 0.3) is 11.8 Å². The van der Waals surface area contributed by atoms with Gasteiger partial charge in [-0.15, -0.1) is 0 Å². The maximum atomic E-state index is 12.7. The highest BCUT2D eigenvalue weighted by Crippen LogP contribution is 2.26. The first-order chi connectivity index (χ1) is 13.9. The molecule has 5 nitrogen and oxygen atoms in total. The van der Waals surface area contributed by atoms with Crippen LogP contribution in [0.2, 0.25) is 0 Å². The summed E-state index contributed by atoms with van der Waals surface area (Å²) < 4.78 is 7.35. The normalized spacial score (nSPS) is 19.5. The van der Waals surface area contributed by atoms with Gasteiger partial charge in [0.2, 0.25) is 0 Å². The van der Waals surface area contributed by atoms with Crippen LogP contribution < -0.4 is 10.1 Å². The molecular formula is C24H29N3O2. The number of methoxy groups -OCH3 is 1. The lowest BCUT2D eigenvalue weighted by Gasteiger charge is -2.29. The minimum absolute atomic E-state index is 0.151. The standard InChI is InChI=1S/C24H29N3O2/c1-16-7-5-6-8-23(16)26-24(28)20(15-25)14-19-13-17(2)27(18(19)3)21-9-11-22(29-4)12-10-21/h9-14,16,23H,5-8H2,1-4H3,(H,26,28)/b20-14+/t16-,23+/m0/s1. The Balaban J connectivity index is 1.86. The van der Waals surface area contributed by atoms with Gasteiger partial charge >= 0.3 is 0 Å². The summed E-state index contributed by atoms with van der Waals surface area (Å²) in [5, 5.41) is 12.7. The summed E-state index contributed by atoms with van der Waals surface area (Å²) in [6.45, 7) is 6.19. The second kappa shape index (κ2) is 9.00. The smallest absolute Gasteiger partial charge is 0.262 e. The van der Waals surface area contributed by atoms with Crippen molar-refractivity contribution in [3.8, 4) is 17.5 Å². The number of carbonyl (C=O) groups excluding carboxylic acids is 1. The quantitative estimate of drug-likeness (QED) is 0.593. The minimum atomic E-state index is -0.277. The van der Waals surface area contributed by atoms with Crippen molar-refractivity contribution >= 4 is 12.0 Å². The molecule has 29 heavy (non-hydrogen) atoms. The van der Waals surface area contributed by atoms with E-state index in [1.54, 1.807) is 13.2 Å². The molecule has 1 aliphatic rings. The lowest BCUT2D eigenvalue weighted by molar-refractivity contribution is -0.118. The zero-order chi connectivity index (χ0) is 21.0. The molecule has 0 radical (unpaired) electrons. The lowest BCUT2D eigenvalue weighted by atomic mass is 9.86. The second-order valence-corrected chi connectivity index (χ2v) is 7.87. The highest BCUT2D eigenvalue weighted by Gasteiger charge is 2.24. The molecule has 0 aliphatic heterocycles. The van der Waals surface area contributed by atoms with E-state index in [9.17, 15) is 10.1 Å². The first kappa shape index (κ1) is 20.7. The zero-order valence-corrected chi connectivity index (χ0v) is 17.7. The minimum Gasteiger partial charge on any atom is -0.497 e. The first-order valence-electron chi connectivity index (χ1n) is 10.2. The molecular weight excluding hydrogens is 362 g/mol. The van der Waals surface area contributed by atoms with Crippen molar-refractivity contribution in [2.75, 3.05) is 7.11 Å². The van der Waals surface area contributed by atoms with Gasteiger partial charge in [-0.25, -0.2) is 0 Å². The average molecular weight is 392 g/mol. The van der Waals surface area contributed by atoms with E-state index < -0.39 is 0 Å². The number of nitriles is 1. The Morgan fingerprint density at radius 1 is 1.24 bits per heavy atom. The molecule has 2 atom stereocenters. The topological polar surface area (TPSA) is 67.0 Å². The van der Waals surface area contributed by atoms with Crippen LogP contribution in [-0.4, -0.2) is 23.6 Å². The molecule has 1 heterocycles. The van der Waals surface area contributed by atoms with Gasteiger partial charge in [0.05, 0.1) is 7.11 Å². The third kappa shape index (κ3) is 4.54. The number of ether oxygens (including phenoxy) is 1. The van der Waals surface area contributed by atoms with Gasteiger partial charge in [-0.2, -0.15) is 5.26 Å². The average Bonchev–Trinajstić information content (AvgIpc) is 3.00. The number of amides is 1. The van der Waals surface area contributed by atoms with Crippen molar-refractivity contribution in [3.63, 3.8) is 0 Å². The maximum absolute atomic E-state index is 12.7. The summed E-state index contributed by atoms with van der Waals surface area (Å²) in [4.78, 5) is 12.7. The predicted molar refractivity (Wildman–Crippen MR) is 115 cm³/mol. The molecule has 0 unspecified atom stereocenters. The molecule has 1 fully saturated rings. The third-order valence-corrected chi connectivity index (χ3v) is 5.89. The summed E-state index contributed by atoms with van der Waals surface area (Å²) >= 11 is 0. The van der Waals surface area contributed by atoms with E-state index in [0.717, 1.165) is 47.7 Å². The van der Waals surface area contributed by atoms with E-state index in [1.165, 1.54) is 6.42 Å². The van der Waals surface area contributed by atoms with E-state index >= 15 is 0 Å². The van der Waals surface area contributed by atoms with Crippen LogP contribution in [0.5, 0.6) is 5.75 Å². The Hall–Kier alpha value is -3.00. The molecule has 0 bridgehead atoms. The van der Waals surface area contributed by atoms with E-state index in [0.29, 0.717) is 5.92 Å². The molecule has 0 spiro atoms. The summed E-state index contributed by atoms with van der Waals surface area (Å²) in [6, 6.07) is 12.1. The molecule has 0 saturated heterocycles. The Kier molecular flexibility index (Phi) is 6.43. The predicted octanol–water partition coefficient (Wildman–Crippen LogP) is 4.70. The highest BCUT2D eigenvalue weighted by atomic mass is 16.5. The Morgan fingerprint density at radius 3 is 2.55 bits per heavy atom. The number of aryl methyl sites for hydroxylation is 1. The monoisotopic (exact) mass is 391 g/mol. The van der Waals surface area contributed by atoms with Gasteiger partial charge in [-0.1, -0.05) is 19.8 Å². The SMILES string of the molecule is COc1ccc(-n2c(C)cc(/C=C(\C#N)C(=O)N[C@@H]3CCCC[C@@H]3C)c2C)cc1. The van der Waals surface area contributed by atoms with Gasteiger partial charge in [0.25, 0.3) is 5.91 Å². The molecule has 1 saturated carbocycles. The third-order valence-electron chi connectivity index (χ3n) is 5.89. The van der Waals surface area contributed by atoms with Crippen LogP contribution in [0, 0.1) is 31.1 Å². The number of nitrogens with one attached hydrogen (secondary N) is 1. The van der Waals surface area contributed by atoms with E-state index in [2.05, 4.69) is 22.9 Å². The number of hydrogen-bond acceptors (Lipinski definition) is 3. The van der Waals surface area contributed by atoms with Crippen LogP contribution in [0.1, 0.15) is 49.6 Å². The van der Waals surface area contributed by atoms with Crippen LogP contribution in [0.15, 0.2) is 35.9 Å². The maximum Gasteiger partial charge on any atom is 0.262 e. The summed E-state index contributed by atoms with van der Waals surface area (Å²) in [6.07, 6.45) is 6.15. The number of rotatable bonds is 5. The van der Waals surface area contributed by atoms with E-state index in [1.807, 2.05) is 44.2 Å². The van der Waals surface area contributed by atoms with Gasteiger partial charge < -0.3 is 14.6 Å². The fourth-order valence-electron chi connectivity index (χ4n) is 4.14. The van der Waals surface area contributed by atoms with Crippen molar-refractivity contribution in [1.82, 2.24) is 9.88 Å². The van der Waals surface area contributed by atoms with Crippen molar-refractivity contribution in [2.24, 2.45) is 5.92 Å². The lowest BCUT2D eigenvalue weighted by Crippen LogP contribution is -2.41. The van der Waals surface area contributed by atoms with Gasteiger partial charge in [0.1, 0.15) is 17.4 Å². The molecule has 1 aromatic carbocycles. The number of carbonyl (C=O) groups is 1. The van der Waals surface area contributed by atoms with Gasteiger partial charge in [0.15, 0.2) is 0 Å². The van der Waals surface area contributed by atoms with E-state index in [4.69, 9.17) is 4.74 Å². The van der Waals surface area contributed by atoms with Crippen molar-refractivity contribution in [3.05, 3.63) is 52.9 Å². The van der Waals surface area contributed by atoms with Gasteiger partial charge in [-0.05, 0) is 74.6 Å². The molecule has 2 aromatic rings. The molecule has 5 heteroatoms. The van der Waals surface area contributed by atoms with Crippen LogP contribution in [0.3, 0.4) is 0 Å². The molecule has 1 aromatic heterocycles. The molecule has 152 valence electrons. The number of aromatic nitrogens is 1. The van der Waals surface area contributed by atoms with Crippen LogP contribution in [0.4, 0.5) is 0 Å². The van der Waals surface area contributed by atoms with Gasteiger partial charge in [-0.3, -0.25) is 4.79 Å². The van der Waals surface area contributed by atoms with Crippen molar-refractivity contribution < 1.29 is 9.53 Å². The van der Waals surface area contributed by atoms with Crippen molar-refractivity contribution in [2.45, 2.75) is 52.5 Å². The van der Waals surface area contributed by atoms with Crippen LogP contribution >= 0.6 is 0 Å².